The van der Waals surface area contributed by atoms with Gasteiger partial charge in [0, 0.05) is 12.3 Å². The van der Waals surface area contributed by atoms with Crippen LogP contribution in [0.1, 0.15) is 20.3 Å². The van der Waals surface area contributed by atoms with Gasteiger partial charge in [-0.05, 0) is 12.7 Å². The largest absolute Gasteiger partial charge is 0.339 e. The molecule has 1 aliphatic heterocycles. The first kappa shape index (κ1) is 9.27. The summed E-state index contributed by atoms with van der Waals surface area (Å²) in [6.45, 7) is 5.00. The Bertz CT molecular complexity index is 67.5. The fraction of sp³-hybridized carbons (Fsp3) is 1.00. The van der Waals surface area contributed by atoms with E-state index in [-0.39, 0.29) is 0 Å². The lowest BCUT2D eigenvalue weighted by Crippen LogP contribution is -2.11. The van der Waals surface area contributed by atoms with Crippen LogP contribution in [-0.2, 0) is 0 Å². The molecule has 9 heavy (non-hydrogen) atoms. The average Bonchev–Trinajstić information content (AvgIpc) is 2.19. The van der Waals surface area contributed by atoms with Gasteiger partial charge in [0.1, 0.15) is 0 Å². The van der Waals surface area contributed by atoms with Gasteiger partial charge in [-0.15, -0.1) is 0 Å². The lowest BCUT2D eigenvalue weighted by Gasteiger charge is -2.21. The standard InChI is InChI=1S/C4H11NOS.C2H6/c1-7(6)4-2-3-5-7;1-2/h5-6H,2-4H2,1H3;1-2H3. The molecule has 0 aromatic rings. The highest BCUT2D eigenvalue weighted by Gasteiger charge is 2.17. The van der Waals surface area contributed by atoms with Crippen molar-refractivity contribution in [3.8, 4) is 0 Å². The maximum Gasteiger partial charge on any atom is 0.0122 e. The van der Waals surface area contributed by atoms with Crippen molar-refractivity contribution in [2.75, 3.05) is 18.6 Å². The maximum atomic E-state index is 9.17. The van der Waals surface area contributed by atoms with Crippen LogP contribution in [0, 0.1) is 0 Å². The summed E-state index contributed by atoms with van der Waals surface area (Å²) in [4.78, 5) is 0. The van der Waals surface area contributed by atoms with Crippen LogP contribution in [0.4, 0.5) is 0 Å². The number of nitrogens with one attached hydrogen (secondary N) is 1. The Balaban J connectivity index is 0.000000291. The summed E-state index contributed by atoms with van der Waals surface area (Å²) in [5.41, 5.74) is 0. The van der Waals surface area contributed by atoms with Crippen molar-refractivity contribution in [3.05, 3.63) is 0 Å². The van der Waals surface area contributed by atoms with Gasteiger partial charge in [-0.1, -0.05) is 24.3 Å². The molecule has 0 aromatic carbocycles. The van der Waals surface area contributed by atoms with E-state index in [1.165, 1.54) is 0 Å². The summed E-state index contributed by atoms with van der Waals surface area (Å²) < 4.78 is 12.2. The van der Waals surface area contributed by atoms with Crippen LogP contribution >= 0.6 is 10.5 Å². The normalized spacial score (nSPS) is 40.4. The van der Waals surface area contributed by atoms with Crippen LogP contribution in [0.2, 0.25) is 0 Å². The van der Waals surface area contributed by atoms with Crippen molar-refractivity contribution < 1.29 is 4.55 Å². The van der Waals surface area contributed by atoms with Crippen LogP contribution in [0.25, 0.3) is 0 Å². The second-order valence-corrected chi connectivity index (χ2v) is 4.77. The minimum absolute atomic E-state index is 0.979. The van der Waals surface area contributed by atoms with Crippen molar-refractivity contribution in [2.45, 2.75) is 20.3 Å². The van der Waals surface area contributed by atoms with Crippen molar-refractivity contribution in [3.63, 3.8) is 0 Å². The fourth-order valence-electron chi connectivity index (χ4n) is 0.717. The SMILES string of the molecule is CC.CS1(O)CCCN1. The van der Waals surface area contributed by atoms with Crippen molar-refractivity contribution in [2.24, 2.45) is 0 Å². The Kier molecular flexibility index (Phi) is 4.27. The molecule has 1 saturated heterocycles. The molecule has 0 aromatic heterocycles. The van der Waals surface area contributed by atoms with E-state index in [2.05, 4.69) is 4.72 Å². The summed E-state index contributed by atoms with van der Waals surface area (Å²) in [6, 6.07) is 0. The van der Waals surface area contributed by atoms with Crippen LogP contribution in [0.5, 0.6) is 0 Å². The summed E-state index contributed by atoms with van der Waals surface area (Å²) in [6.07, 6.45) is 3.03. The van der Waals surface area contributed by atoms with E-state index < -0.39 is 10.5 Å². The van der Waals surface area contributed by atoms with Gasteiger partial charge >= 0.3 is 0 Å². The Morgan fingerprint density at radius 3 is 2.11 bits per heavy atom. The quantitative estimate of drug-likeness (QED) is 0.553. The summed E-state index contributed by atoms with van der Waals surface area (Å²) in [5.74, 6) is 0.979. The molecule has 0 bridgehead atoms. The lowest BCUT2D eigenvalue weighted by atomic mass is 10.5. The van der Waals surface area contributed by atoms with E-state index in [0.717, 1.165) is 18.7 Å². The van der Waals surface area contributed by atoms with Gasteiger partial charge in [-0.25, -0.2) is 0 Å². The van der Waals surface area contributed by atoms with Crippen LogP contribution in [-0.4, -0.2) is 23.1 Å². The van der Waals surface area contributed by atoms with Crippen LogP contribution < -0.4 is 4.72 Å². The predicted molar refractivity (Wildman–Crippen MR) is 45.0 cm³/mol. The fourth-order valence-corrected chi connectivity index (χ4v) is 2.15. The molecule has 1 aliphatic rings. The maximum absolute atomic E-state index is 9.17. The van der Waals surface area contributed by atoms with Crippen molar-refractivity contribution in [1.82, 2.24) is 4.72 Å². The first-order valence-corrected chi connectivity index (χ1v) is 5.60. The molecule has 0 aliphatic carbocycles. The molecule has 1 unspecified atom stereocenters. The van der Waals surface area contributed by atoms with Gasteiger partial charge in [0.05, 0.1) is 0 Å². The summed E-state index contributed by atoms with van der Waals surface area (Å²) >= 11 is 0. The van der Waals surface area contributed by atoms with Gasteiger partial charge in [0.2, 0.25) is 0 Å². The lowest BCUT2D eigenvalue weighted by molar-refractivity contribution is 0.628. The van der Waals surface area contributed by atoms with E-state index in [1.54, 1.807) is 0 Å². The molecule has 0 saturated carbocycles. The molecule has 0 amide bonds. The van der Waals surface area contributed by atoms with E-state index >= 15 is 0 Å². The van der Waals surface area contributed by atoms with Crippen molar-refractivity contribution >= 4 is 10.5 Å². The second kappa shape index (κ2) is 4.14. The van der Waals surface area contributed by atoms with E-state index in [4.69, 9.17) is 4.55 Å². The van der Waals surface area contributed by atoms with Gasteiger partial charge in [0.15, 0.2) is 0 Å². The highest BCUT2D eigenvalue weighted by atomic mass is 32.3. The first-order chi connectivity index (χ1) is 4.21. The third kappa shape index (κ3) is 3.78. The third-order valence-corrected chi connectivity index (χ3v) is 3.04. The highest BCUT2D eigenvalue weighted by Crippen LogP contribution is 2.38. The third-order valence-electron chi connectivity index (χ3n) is 1.13. The van der Waals surface area contributed by atoms with Crippen molar-refractivity contribution in [1.29, 1.82) is 0 Å². The number of rotatable bonds is 0. The van der Waals surface area contributed by atoms with E-state index in [9.17, 15) is 0 Å². The predicted octanol–water partition coefficient (Wildman–Crippen LogP) is 1.83. The Hall–Kier alpha value is 0.270. The second-order valence-electron chi connectivity index (χ2n) is 1.99. The first-order valence-electron chi connectivity index (χ1n) is 3.44. The van der Waals surface area contributed by atoms with E-state index in [0.29, 0.717) is 0 Å². The van der Waals surface area contributed by atoms with Gasteiger partial charge in [0.25, 0.3) is 0 Å². The monoisotopic (exact) mass is 151 g/mol. The van der Waals surface area contributed by atoms with Crippen LogP contribution in [0.15, 0.2) is 0 Å². The molecular formula is C6H17NOS. The Labute approximate surface area is 59.3 Å². The number of hydrogen-bond acceptors (Lipinski definition) is 2. The summed E-state index contributed by atoms with van der Waals surface area (Å²) in [5, 5.41) is 0. The molecular weight excluding hydrogens is 134 g/mol. The summed E-state index contributed by atoms with van der Waals surface area (Å²) in [7, 11) is -1.30. The average molecular weight is 151 g/mol. The van der Waals surface area contributed by atoms with Gasteiger partial charge < -0.3 is 4.55 Å². The molecule has 1 rings (SSSR count). The molecule has 0 radical (unpaired) electrons. The molecule has 3 heteroatoms. The molecule has 58 valence electrons. The smallest absolute Gasteiger partial charge is 0.0122 e. The van der Waals surface area contributed by atoms with Gasteiger partial charge in [-0.3, -0.25) is 4.72 Å². The minimum Gasteiger partial charge on any atom is -0.339 e. The zero-order chi connectivity index (χ0) is 7.33. The number of hydrogen-bond donors (Lipinski definition) is 2. The zero-order valence-electron chi connectivity index (χ0n) is 6.48. The molecule has 2 N–H and O–H groups in total. The highest BCUT2D eigenvalue weighted by molar-refractivity contribution is 8.27. The van der Waals surface area contributed by atoms with Crippen LogP contribution in [0.3, 0.4) is 0 Å². The topological polar surface area (TPSA) is 32.3 Å². The molecule has 1 heterocycles. The Morgan fingerprint density at radius 2 is 2.00 bits per heavy atom. The Morgan fingerprint density at radius 1 is 1.44 bits per heavy atom. The zero-order valence-corrected chi connectivity index (χ0v) is 7.29. The minimum atomic E-state index is -1.30. The molecule has 1 fully saturated rings. The van der Waals surface area contributed by atoms with Gasteiger partial charge in [-0.2, -0.15) is 0 Å². The molecule has 1 atom stereocenters. The molecule has 0 spiro atoms. The molecule has 2 nitrogen and oxygen atoms in total. The van der Waals surface area contributed by atoms with E-state index in [1.807, 2.05) is 20.1 Å².